The van der Waals surface area contributed by atoms with Gasteiger partial charge in [0.15, 0.2) is 0 Å². The number of carbonyl (C=O) groups excluding carboxylic acids is 2. The van der Waals surface area contributed by atoms with Gasteiger partial charge >= 0.3 is 0 Å². The largest absolute Gasteiger partial charge is 0.497 e. The minimum absolute atomic E-state index is 0.165. The van der Waals surface area contributed by atoms with Gasteiger partial charge in [-0.05, 0) is 31.3 Å². The summed E-state index contributed by atoms with van der Waals surface area (Å²) in [6.45, 7) is 2.94. The van der Waals surface area contributed by atoms with Crippen molar-refractivity contribution in [3.05, 3.63) is 47.8 Å². The molecule has 0 spiro atoms. The summed E-state index contributed by atoms with van der Waals surface area (Å²) in [5.74, 6) is 0.580. The van der Waals surface area contributed by atoms with Gasteiger partial charge in [0.25, 0.3) is 11.8 Å². The van der Waals surface area contributed by atoms with Crippen molar-refractivity contribution >= 4 is 17.5 Å². The molecule has 0 radical (unpaired) electrons. The van der Waals surface area contributed by atoms with Gasteiger partial charge in [-0.1, -0.05) is 0 Å². The fourth-order valence-corrected chi connectivity index (χ4v) is 2.97. The summed E-state index contributed by atoms with van der Waals surface area (Å²) in [5, 5.41) is 2.80. The minimum atomic E-state index is -0.360. The minimum Gasteiger partial charge on any atom is -0.497 e. The molecule has 0 atom stereocenters. The lowest BCUT2D eigenvalue weighted by atomic mass is 10.2. The van der Waals surface area contributed by atoms with Crippen LogP contribution in [0.3, 0.4) is 0 Å². The summed E-state index contributed by atoms with van der Waals surface area (Å²) in [6.07, 6.45) is 1.47. The fraction of sp³-hybridized carbons (Fsp3) is 0.350. The summed E-state index contributed by atoms with van der Waals surface area (Å²) in [7, 11) is 5.10. The van der Waals surface area contributed by atoms with Crippen molar-refractivity contribution in [1.82, 2.24) is 14.8 Å². The molecule has 2 aromatic rings. The molecule has 8 heteroatoms. The van der Waals surface area contributed by atoms with E-state index in [1.54, 1.807) is 36.3 Å². The van der Waals surface area contributed by atoms with Crippen LogP contribution in [0.1, 0.15) is 20.8 Å². The number of piperazine rings is 1. The zero-order chi connectivity index (χ0) is 20.1. The van der Waals surface area contributed by atoms with Crippen LogP contribution in [-0.2, 0) is 0 Å². The van der Waals surface area contributed by atoms with Crippen LogP contribution in [-0.4, -0.2) is 74.0 Å². The number of likely N-dealkylation sites (N-methyl/N-ethyl adjacent to an activating group) is 1. The third-order valence-corrected chi connectivity index (χ3v) is 4.69. The predicted octanol–water partition coefficient (Wildman–Crippen LogP) is 1.74. The molecule has 0 unspecified atom stereocenters. The fourth-order valence-electron chi connectivity index (χ4n) is 2.97. The Hall–Kier alpha value is -3.13. The van der Waals surface area contributed by atoms with E-state index in [4.69, 9.17) is 9.47 Å². The Kier molecular flexibility index (Phi) is 6.10. The molecule has 0 saturated carbocycles. The molecule has 3 rings (SSSR count). The highest BCUT2D eigenvalue weighted by atomic mass is 16.5. The number of pyridine rings is 1. The van der Waals surface area contributed by atoms with Crippen LogP contribution >= 0.6 is 0 Å². The van der Waals surface area contributed by atoms with Gasteiger partial charge in [0, 0.05) is 44.0 Å². The van der Waals surface area contributed by atoms with Gasteiger partial charge < -0.3 is 24.6 Å². The number of rotatable bonds is 5. The van der Waals surface area contributed by atoms with Crippen molar-refractivity contribution in [3.63, 3.8) is 0 Å². The van der Waals surface area contributed by atoms with E-state index in [1.165, 1.54) is 19.4 Å². The molecule has 1 aliphatic rings. The molecule has 1 fully saturated rings. The van der Waals surface area contributed by atoms with Crippen LogP contribution in [0, 0.1) is 0 Å². The lowest BCUT2D eigenvalue weighted by Crippen LogP contribution is -2.47. The Labute approximate surface area is 164 Å². The summed E-state index contributed by atoms with van der Waals surface area (Å²) < 4.78 is 10.5. The first kappa shape index (κ1) is 19.6. The van der Waals surface area contributed by atoms with E-state index in [2.05, 4.69) is 15.2 Å². The summed E-state index contributed by atoms with van der Waals surface area (Å²) in [6, 6.07) is 8.22. The summed E-state index contributed by atoms with van der Waals surface area (Å²) in [4.78, 5) is 33.5. The van der Waals surface area contributed by atoms with E-state index in [0.29, 0.717) is 35.8 Å². The van der Waals surface area contributed by atoms with Crippen molar-refractivity contribution in [3.8, 4) is 11.5 Å². The first-order chi connectivity index (χ1) is 13.5. The van der Waals surface area contributed by atoms with Crippen LogP contribution in [0.5, 0.6) is 11.5 Å². The van der Waals surface area contributed by atoms with E-state index in [0.717, 1.165) is 13.1 Å². The van der Waals surface area contributed by atoms with Gasteiger partial charge in [-0.15, -0.1) is 0 Å². The molecular weight excluding hydrogens is 360 g/mol. The van der Waals surface area contributed by atoms with Gasteiger partial charge in [-0.2, -0.15) is 0 Å². The maximum absolute atomic E-state index is 12.7. The summed E-state index contributed by atoms with van der Waals surface area (Å²) >= 11 is 0. The highest BCUT2D eigenvalue weighted by Crippen LogP contribution is 2.29. The lowest BCUT2D eigenvalue weighted by molar-refractivity contribution is 0.0658. The monoisotopic (exact) mass is 384 g/mol. The number of methoxy groups -OCH3 is 2. The molecule has 1 N–H and O–H groups in total. The van der Waals surface area contributed by atoms with E-state index in [9.17, 15) is 9.59 Å². The predicted molar refractivity (Wildman–Crippen MR) is 105 cm³/mol. The number of aromatic nitrogens is 1. The number of anilines is 1. The van der Waals surface area contributed by atoms with Crippen LogP contribution in [0.2, 0.25) is 0 Å². The third kappa shape index (κ3) is 4.40. The molecule has 8 nitrogen and oxygen atoms in total. The van der Waals surface area contributed by atoms with Crippen LogP contribution < -0.4 is 14.8 Å². The summed E-state index contributed by atoms with van der Waals surface area (Å²) in [5.41, 5.74) is 1.09. The van der Waals surface area contributed by atoms with Crippen molar-refractivity contribution in [2.45, 2.75) is 0 Å². The second kappa shape index (κ2) is 8.71. The first-order valence-electron chi connectivity index (χ1n) is 8.99. The second-order valence-electron chi connectivity index (χ2n) is 6.55. The van der Waals surface area contributed by atoms with Crippen molar-refractivity contribution in [1.29, 1.82) is 0 Å². The normalized spacial score (nSPS) is 14.5. The third-order valence-electron chi connectivity index (χ3n) is 4.69. The number of nitrogens with zero attached hydrogens (tertiary/aromatic N) is 3. The molecule has 148 valence electrons. The number of ether oxygens (including phenoxy) is 2. The Morgan fingerprint density at radius 2 is 1.79 bits per heavy atom. The Morgan fingerprint density at radius 3 is 2.46 bits per heavy atom. The number of carbonyl (C=O) groups is 2. The molecule has 1 aliphatic heterocycles. The molecule has 28 heavy (non-hydrogen) atoms. The van der Waals surface area contributed by atoms with Crippen LogP contribution in [0.15, 0.2) is 36.5 Å². The Balaban J connectivity index is 1.76. The van der Waals surface area contributed by atoms with E-state index >= 15 is 0 Å². The van der Waals surface area contributed by atoms with Gasteiger partial charge in [0.05, 0.1) is 19.9 Å². The standard InChI is InChI=1S/C20H24N4O4/c1-23-8-10-24(11-9-23)20(26)17-12-14(6-7-21-17)19(25)22-16-13-15(27-2)4-5-18(16)28-3/h4-7,12-13H,8-11H2,1-3H3,(H,22,25). The molecule has 0 bridgehead atoms. The van der Waals surface area contributed by atoms with Gasteiger partial charge in [-0.25, -0.2) is 0 Å². The Morgan fingerprint density at radius 1 is 1.04 bits per heavy atom. The molecular formula is C20H24N4O4. The number of nitrogens with one attached hydrogen (secondary N) is 1. The SMILES string of the molecule is COc1ccc(OC)c(NC(=O)c2ccnc(C(=O)N3CCN(C)CC3)c2)c1. The molecule has 0 aliphatic carbocycles. The molecule has 1 aromatic carbocycles. The zero-order valence-electron chi connectivity index (χ0n) is 16.3. The number of amides is 2. The average molecular weight is 384 g/mol. The topological polar surface area (TPSA) is 84.0 Å². The van der Waals surface area contributed by atoms with Crippen LogP contribution in [0.4, 0.5) is 5.69 Å². The first-order valence-corrected chi connectivity index (χ1v) is 8.99. The quantitative estimate of drug-likeness (QED) is 0.845. The van der Waals surface area contributed by atoms with E-state index in [-0.39, 0.29) is 17.5 Å². The van der Waals surface area contributed by atoms with Crippen molar-refractivity contribution in [2.24, 2.45) is 0 Å². The second-order valence-corrected chi connectivity index (χ2v) is 6.55. The molecule has 2 amide bonds. The maximum atomic E-state index is 12.7. The van der Waals surface area contributed by atoms with Crippen molar-refractivity contribution < 1.29 is 19.1 Å². The van der Waals surface area contributed by atoms with Crippen molar-refractivity contribution in [2.75, 3.05) is 52.8 Å². The van der Waals surface area contributed by atoms with Crippen LogP contribution in [0.25, 0.3) is 0 Å². The number of hydrogen-bond donors (Lipinski definition) is 1. The van der Waals surface area contributed by atoms with Gasteiger partial charge in [-0.3, -0.25) is 14.6 Å². The van der Waals surface area contributed by atoms with E-state index in [1.807, 2.05) is 7.05 Å². The van der Waals surface area contributed by atoms with E-state index < -0.39 is 0 Å². The average Bonchev–Trinajstić information content (AvgIpc) is 2.73. The Bertz CT molecular complexity index is 863. The highest BCUT2D eigenvalue weighted by Gasteiger charge is 2.22. The zero-order valence-corrected chi connectivity index (χ0v) is 16.3. The highest BCUT2D eigenvalue weighted by molar-refractivity contribution is 6.06. The van der Waals surface area contributed by atoms with Gasteiger partial charge in [0.2, 0.25) is 0 Å². The smallest absolute Gasteiger partial charge is 0.272 e. The lowest BCUT2D eigenvalue weighted by Gasteiger charge is -2.32. The molecule has 1 aromatic heterocycles. The number of benzene rings is 1. The molecule has 1 saturated heterocycles. The maximum Gasteiger partial charge on any atom is 0.272 e. The van der Waals surface area contributed by atoms with Gasteiger partial charge in [0.1, 0.15) is 17.2 Å². The number of hydrogen-bond acceptors (Lipinski definition) is 6. The molecule has 2 heterocycles.